The van der Waals surface area contributed by atoms with Crippen molar-refractivity contribution < 1.29 is 4.39 Å². The molecule has 1 atom stereocenters. The molecule has 0 aliphatic heterocycles. The van der Waals surface area contributed by atoms with E-state index in [1.165, 1.54) is 12.1 Å². The topological polar surface area (TPSA) is 38.9 Å². The molecule has 0 amide bonds. The van der Waals surface area contributed by atoms with Gasteiger partial charge in [-0.3, -0.25) is 4.98 Å². The summed E-state index contributed by atoms with van der Waals surface area (Å²) in [7, 11) is 0. The molecule has 2 aromatic rings. The van der Waals surface area contributed by atoms with E-state index in [1.54, 1.807) is 6.20 Å². The van der Waals surface area contributed by atoms with Crippen LogP contribution < -0.4 is 5.73 Å². The Morgan fingerprint density at radius 3 is 2.42 bits per heavy atom. The van der Waals surface area contributed by atoms with Crippen molar-refractivity contribution in [1.29, 1.82) is 0 Å². The third kappa shape index (κ3) is 4.40. The number of benzene rings is 1. The van der Waals surface area contributed by atoms with Crippen LogP contribution in [0.1, 0.15) is 11.1 Å². The summed E-state index contributed by atoms with van der Waals surface area (Å²) in [5.41, 5.74) is 8.10. The van der Waals surface area contributed by atoms with E-state index in [0.29, 0.717) is 12.5 Å². The number of aromatic nitrogens is 1. The van der Waals surface area contributed by atoms with E-state index in [4.69, 9.17) is 5.73 Å². The molecule has 0 radical (unpaired) electrons. The van der Waals surface area contributed by atoms with Gasteiger partial charge in [-0.2, -0.15) is 0 Å². The van der Waals surface area contributed by atoms with Crippen molar-refractivity contribution >= 4 is 15.9 Å². The molecule has 1 aromatic heterocycles. The standard InChI is InChI=1S/C15H16BrFN2/c16-14-7-13(9-19-10-14)6-12(8-18)5-11-1-3-15(17)4-2-11/h1-4,7,9-10,12H,5-6,8,18H2. The lowest BCUT2D eigenvalue weighted by Crippen LogP contribution is -2.19. The molecule has 100 valence electrons. The van der Waals surface area contributed by atoms with E-state index in [9.17, 15) is 4.39 Å². The summed E-state index contributed by atoms with van der Waals surface area (Å²) in [6.45, 7) is 0.601. The van der Waals surface area contributed by atoms with Crippen molar-refractivity contribution in [2.24, 2.45) is 11.7 Å². The Hall–Kier alpha value is -1.26. The summed E-state index contributed by atoms with van der Waals surface area (Å²) >= 11 is 3.41. The molecule has 0 bridgehead atoms. The molecule has 2 nitrogen and oxygen atoms in total. The number of hydrogen-bond donors (Lipinski definition) is 1. The van der Waals surface area contributed by atoms with Gasteiger partial charge in [0.1, 0.15) is 5.82 Å². The van der Waals surface area contributed by atoms with Gasteiger partial charge >= 0.3 is 0 Å². The van der Waals surface area contributed by atoms with E-state index in [1.807, 2.05) is 18.3 Å². The lowest BCUT2D eigenvalue weighted by atomic mass is 9.93. The zero-order chi connectivity index (χ0) is 13.7. The second kappa shape index (κ2) is 6.78. The molecule has 2 N–H and O–H groups in total. The van der Waals surface area contributed by atoms with Crippen molar-refractivity contribution in [1.82, 2.24) is 4.98 Å². The number of rotatable bonds is 5. The summed E-state index contributed by atoms with van der Waals surface area (Å²) in [6.07, 6.45) is 5.35. The smallest absolute Gasteiger partial charge is 0.123 e. The summed E-state index contributed by atoms with van der Waals surface area (Å²) in [5.74, 6) is 0.130. The van der Waals surface area contributed by atoms with E-state index in [-0.39, 0.29) is 5.82 Å². The largest absolute Gasteiger partial charge is 0.330 e. The number of nitrogens with zero attached hydrogens (tertiary/aromatic N) is 1. The fourth-order valence-corrected chi connectivity index (χ4v) is 2.51. The Bertz CT molecular complexity index is 528. The molecule has 2 rings (SSSR count). The molecule has 1 unspecified atom stereocenters. The summed E-state index contributed by atoms with van der Waals surface area (Å²) < 4.78 is 13.8. The average Bonchev–Trinajstić information content (AvgIpc) is 2.40. The summed E-state index contributed by atoms with van der Waals surface area (Å²) in [6, 6.07) is 8.67. The van der Waals surface area contributed by atoms with Crippen LogP contribution in [-0.4, -0.2) is 11.5 Å². The molecule has 0 saturated heterocycles. The molecule has 0 aliphatic rings. The maximum Gasteiger partial charge on any atom is 0.123 e. The molecule has 4 heteroatoms. The monoisotopic (exact) mass is 322 g/mol. The van der Waals surface area contributed by atoms with Crippen LogP contribution in [0, 0.1) is 11.7 Å². The van der Waals surface area contributed by atoms with E-state index in [2.05, 4.69) is 27.0 Å². The second-order valence-electron chi connectivity index (χ2n) is 4.65. The Labute approximate surface area is 121 Å². The SMILES string of the molecule is NCC(Cc1ccc(F)cc1)Cc1cncc(Br)c1. The van der Waals surface area contributed by atoms with Gasteiger partial charge in [-0.15, -0.1) is 0 Å². The number of halogens is 2. The fourth-order valence-electron chi connectivity index (χ4n) is 2.09. The molecular weight excluding hydrogens is 307 g/mol. The van der Waals surface area contributed by atoms with Crippen LogP contribution in [0.25, 0.3) is 0 Å². The van der Waals surface area contributed by atoms with Crippen LogP contribution in [0.3, 0.4) is 0 Å². The van der Waals surface area contributed by atoms with Crippen molar-refractivity contribution in [3.05, 3.63) is 64.1 Å². The van der Waals surface area contributed by atoms with Crippen molar-refractivity contribution in [2.45, 2.75) is 12.8 Å². The zero-order valence-electron chi connectivity index (χ0n) is 10.5. The molecule has 0 fully saturated rings. The highest BCUT2D eigenvalue weighted by Gasteiger charge is 2.10. The van der Waals surface area contributed by atoms with Crippen molar-refractivity contribution in [3.63, 3.8) is 0 Å². The average molecular weight is 323 g/mol. The Kier molecular flexibility index (Phi) is 5.05. The van der Waals surface area contributed by atoms with Crippen LogP contribution in [0.2, 0.25) is 0 Å². The fraction of sp³-hybridized carbons (Fsp3) is 0.267. The van der Waals surface area contributed by atoms with Gasteiger partial charge in [-0.05, 0) is 70.6 Å². The number of nitrogens with two attached hydrogens (primary N) is 1. The van der Waals surface area contributed by atoms with E-state index >= 15 is 0 Å². The number of pyridine rings is 1. The first-order chi connectivity index (χ1) is 9.17. The van der Waals surface area contributed by atoms with Gasteiger partial charge in [0.15, 0.2) is 0 Å². The minimum absolute atomic E-state index is 0.204. The van der Waals surface area contributed by atoms with Crippen LogP contribution in [0.4, 0.5) is 4.39 Å². The summed E-state index contributed by atoms with van der Waals surface area (Å²) in [5, 5.41) is 0. The molecule has 0 saturated carbocycles. The third-order valence-corrected chi connectivity index (χ3v) is 3.49. The quantitative estimate of drug-likeness (QED) is 0.916. The molecule has 0 aliphatic carbocycles. The van der Waals surface area contributed by atoms with Crippen LogP contribution >= 0.6 is 15.9 Å². The van der Waals surface area contributed by atoms with Crippen molar-refractivity contribution in [3.8, 4) is 0 Å². The molecular formula is C15H16BrFN2. The highest BCUT2D eigenvalue weighted by Crippen LogP contribution is 2.16. The summed E-state index contributed by atoms with van der Waals surface area (Å²) in [4.78, 5) is 4.15. The van der Waals surface area contributed by atoms with Gasteiger partial charge in [0.05, 0.1) is 0 Å². The van der Waals surface area contributed by atoms with Crippen molar-refractivity contribution in [2.75, 3.05) is 6.54 Å². The minimum Gasteiger partial charge on any atom is -0.330 e. The Morgan fingerprint density at radius 1 is 1.11 bits per heavy atom. The number of hydrogen-bond acceptors (Lipinski definition) is 2. The second-order valence-corrected chi connectivity index (χ2v) is 5.56. The molecule has 1 aromatic carbocycles. The Balaban J connectivity index is 2.02. The Morgan fingerprint density at radius 2 is 1.79 bits per heavy atom. The van der Waals surface area contributed by atoms with Gasteiger partial charge in [0.25, 0.3) is 0 Å². The van der Waals surface area contributed by atoms with Gasteiger partial charge in [-0.1, -0.05) is 12.1 Å². The molecule has 19 heavy (non-hydrogen) atoms. The highest BCUT2D eigenvalue weighted by atomic mass is 79.9. The van der Waals surface area contributed by atoms with Gasteiger partial charge in [-0.25, -0.2) is 4.39 Å². The van der Waals surface area contributed by atoms with Crippen LogP contribution in [-0.2, 0) is 12.8 Å². The molecule has 1 heterocycles. The third-order valence-electron chi connectivity index (χ3n) is 3.06. The first-order valence-corrected chi connectivity index (χ1v) is 7.00. The lowest BCUT2D eigenvalue weighted by molar-refractivity contribution is 0.531. The predicted molar refractivity (Wildman–Crippen MR) is 78.3 cm³/mol. The maximum atomic E-state index is 12.9. The van der Waals surface area contributed by atoms with Gasteiger partial charge in [0.2, 0.25) is 0 Å². The highest BCUT2D eigenvalue weighted by molar-refractivity contribution is 9.10. The van der Waals surface area contributed by atoms with Gasteiger partial charge < -0.3 is 5.73 Å². The molecule has 0 spiro atoms. The van der Waals surface area contributed by atoms with Gasteiger partial charge in [0, 0.05) is 16.9 Å². The zero-order valence-corrected chi connectivity index (χ0v) is 12.1. The normalized spacial score (nSPS) is 12.4. The van der Waals surface area contributed by atoms with E-state index in [0.717, 1.165) is 28.4 Å². The first kappa shape index (κ1) is 14.2. The van der Waals surface area contributed by atoms with E-state index < -0.39 is 0 Å². The van der Waals surface area contributed by atoms with Crippen LogP contribution in [0.15, 0.2) is 47.2 Å². The lowest BCUT2D eigenvalue weighted by Gasteiger charge is -2.15. The van der Waals surface area contributed by atoms with Crippen LogP contribution in [0.5, 0.6) is 0 Å². The maximum absolute atomic E-state index is 12.9. The first-order valence-electron chi connectivity index (χ1n) is 6.21. The minimum atomic E-state index is -0.204. The predicted octanol–water partition coefficient (Wildman–Crippen LogP) is 3.34.